The monoisotopic (exact) mass is 278 g/mol. The van der Waals surface area contributed by atoms with E-state index in [9.17, 15) is 4.79 Å². The standard InChI is InChI=1S/C16H26O2Si/c1-13(2)19(14(3)4,15(5)6)12-10-8-7-9-11-16(17)18/h13-15H,9,11H2,1-6H3,(H,17,18). The van der Waals surface area contributed by atoms with Crippen molar-refractivity contribution in [3.63, 3.8) is 0 Å². The summed E-state index contributed by atoms with van der Waals surface area (Å²) in [4.78, 5) is 10.4. The van der Waals surface area contributed by atoms with Gasteiger partial charge in [0.25, 0.3) is 0 Å². The molecule has 0 saturated carbocycles. The van der Waals surface area contributed by atoms with Crippen LogP contribution in [-0.4, -0.2) is 19.1 Å². The van der Waals surface area contributed by atoms with E-state index >= 15 is 0 Å². The molecule has 0 aromatic heterocycles. The Kier molecular flexibility index (Phi) is 7.57. The number of hydrogen-bond acceptors (Lipinski definition) is 1. The second-order valence-corrected chi connectivity index (χ2v) is 11.4. The molecule has 0 atom stereocenters. The summed E-state index contributed by atoms with van der Waals surface area (Å²) in [6, 6.07) is 0. The molecular weight excluding hydrogens is 252 g/mol. The molecule has 0 aliphatic heterocycles. The summed E-state index contributed by atoms with van der Waals surface area (Å²) >= 11 is 0. The van der Waals surface area contributed by atoms with Crippen LogP contribution in [0.25, 0.3) is 0 Å². The van der Waals surface area contributed by atoms with Gasteiger partial charge in [-0.2, -0.15) is 0 Å². The zero-order valence-corrected chi connectivity index (χ0v) is 14.0. The predicted octanol–water partition coefficient (Wildman–Crippen LogP) is 4.08. The molecule has 0 bridgehead atoms. The van der Waals surface area contributed by atoms with E-state index in [4.69, 9.17) is 5.11 Å². The van der Waals surface area contributed by atoms with Crippen molar-refractivity contribution < 1.29 is 9.90 Å². The molecule has 0 aliphatic rings. The highest BCUT2D eigenvalue weighted by Gasteiger charge is 2.41. The molecule has 1 N–H and O–H groups in total. The Morgan fingerprint density at radius 3 is 1.84 bits per heavy atom. The van der Waals surface area contributed by atoms with Gasteiger partial charge in [-0.05, 0) is 28.5 Å². The van der Waals surface area contributed by atoms with Gasteiger partial charge in [0.15, 0.2) is 0 Å². The zero-order chi connectivity index (χ0) is 15.1. The minimum absolute atomic E-state index is 0.0930. The fourth-order valence-electron chi connectivity index (χ4n) is 2.85. The molecule has 0 aromatic rings. The Bertz CT molecular complexity index is 392. The van der Waals surface area contributed by atoms with Crippen molar-refractivity contribution in [3.8, 4) is 23.3 Å². The number of carboxylic acids is 1. The van der Waals surface area contributed by atoms with Gasteiger partial charge in [0, 0.05) is 6.42 Å². The van der Waals surface area contributed by atoms with Gasteiger partial charge >= 0.3 is 5.97 Å². The summed E-state index contributed by atoms with van der Waals surface area (Å²) in [5.41, 5.74) is 5.28. The highest BCUT2D eigenvalue weighted by atomic mass is 28.3. The Morgan fingerprint density at radius 2 is 1.47 bits per heavy atom. The lowest BCUT2D eigenvalue weighted by Crippen LogP contribution is -2.43. The molecule has 0 heterocycles. The predicted molar refractivity (Wildman–Crippen MR) is 83.5 cm³/mol. The van der Waals surface area contributed by atoms with Crippen LogP contribution in [0.2, 0.25) is 16.6 Å². The van der Waals surface area contributed by atoms with Gasteiger partial charge in [-0.1, -0.05) is 47.5 Å². The third kappa shape index (κ3) is 5.13. The van der Waals surface area contributed by atoms with E-state index < -0.39 is 14.0 Å². The van der Waals surface area contributed by atoms with E-state index in [0.717, 1.165) is 0 Å². The van der Waals surface area contributed by atoms with Crippen LogP contribution in [0, 0.1) is 23.3 Å². The van der Waals surface area contributed by atoms with E-state index in [0.29, 0.717) is 23.0 Å². The highest BCUT2D eigenvalue weighted by Crippen LogP contribution is 2.40. The van der Waals surface area contributed by atoms with Crippen LogP contribution in [0.1, 0.15) is 54.4 Å². The Hall–Kier alpha value is -1.19. The molecule has 106 valence electrons. The van der Waals surface area contributed by atoms with Crippen LogP contribution in [0.15, 0.2) is 0 Å². The lowest BCUT2D eigenvalue weighted by Gasteiger charge is -2.37. The third-order valence-electron chi connectivity index (χ3n) is 3.76. The molecular formula is C16H26O2Si. The number of hydrogen-bond donors (Lipinski definition) is 1. The molecule has 0 fully saturated rings. The maximum atomic E-state index is 10.4. The first-order chi connectivity index (χ1) is 8.75. The molecule has 0 amide bonds. The lowest BCUT2D eigenvalue weighted by atomic mass is 10.3. The SMILES string of the molecule is CC(C)[Si](C#CC#CCCC(=O)O)(C(C)C)C(C)C. The van der Waals surface area contributed by atoms with E-state index in [1.807, 2.05) is 0 Å². The topological polar surface area (TPSA) is 37.3 Å². The molecule has 3 heteroatoms. The van der Waals surface area contributed by atoms with Gasteiger partial charge in [-0.25, -0.2) is 0 Å². The minimum atomic E-state index is -1.69. The van der Waals surface area contributed by atoms with E-state index in [1.54, 1.807) is 0 Å². The van der Waals surface area contributed by atoms with Gasteiger partial charge in [0.1, 0.15) is 8.07 Å². The maximum absolute atomic E-state index is 10.4. The average Bonchev–Trinajstić information content (AvgIpc) is 2.26. The van der Waals surface area contributed by atoms with Gasteiger partial charge in [-0.3, -0.25) is 4.79 Å². The molecule has 0 aromatic carbocycles. The first-order valence-corrected chi connectivity index (χ1v) is 9.20. The maximum Gasteiger partial charge on any atom is 0.304 e. The number of carbonyl (C=O) groups is 1. The van der Waals surface area contributed by atoms with Crippen LogP contribution in [0.5, 0.6) is 0 Å². The van der Waals surface area contributed by atoms with Crippen molar-refractivity contribution in [2.75, 3.05) is 0 Å². The molecule has 0 unspecified atom stereocenters. The summed E-state index contributed by atoms with van der Waals surface area (Å²) in [5, 5.41) is 8.52. The van der Waals surface area contributed by atoms with Crippen molar-refractivity contribution in [2.24, 2.45) is 0 Å². The molecule has 0 aliphatic carbocycles. The molecule has 0 spiro atoms. The quantitative estimate of drug-likeness (QED) is 0.608. The highest BCUT2D eigenvalue weighted by molar-refractivity contribution is 6.90. The van der Waals surface area contributed by atoms with E-state index in [-0.39, 0.29) is 6.42 Å². The van der Waals surface area contributed by atoms with Gasteiger partial charge in [0.2, 0.25) is 0 Å². The van der Waals surface area contributed by atoms with Crippen molar-refractivity contribution in [3.05, 3.63) is 0 Å². The molecule has 0 radical (unpaired) electrons. The molecule has 19 heavy (non-hydrogen) atoms. The van der Waals surface area contributed by atoms with Crippen LogP contribution in [0.4, 0.5) is 0 Å². The first kappa shape index (κ1) is 17.8. The summed E-state index contributed by atoms with van der Waals surface area (Å²) in [6.07, 6.45) is 0.472. The average molecular weight is 278 g/mol. The Morgan fingerprint density at radius 1 is 1.00 bits per heavy atom. The van der Waals surface area contributed by atoms with Gasteiger partial charge in [0.05, 0.1) is 6.42 Å². The Labute approximate surface area is 119 Å². The fraction of sp³-hybridized carbons (Fsp3) is 0.688. The lowest BCUT2D eigenvalue weighted by molar-refractivity contribution is -0.136. The molecule has 0 saturated heterocycles. The molecule has 2 nitrogen and oxygen atoms in total. The summed E-state index contributed by atoms with van der Waals surface area (Å²) in [7, 11) is -1.69. The zero-order valence-electron chi connectivity index (χ0n) is 13.0. The number of aliphatic carboxylic acids is 1. The minimum Gasteiger partial charge on any atom is -0.481 e. The number of carboxylic acid groups (broad SMARTS) is 1. The summed E-state index contributed by atoms with van der Waals surface area (Å²) in [6.45, 7) is 13.6. The van der Waals surface area contributed by atoms with Crippen molar-refractivity contribution in [1.82, 2.24) is 0 Å². The second kappa shape index (κ2) is 8.07. The van der Waals surface area contributed by atoms with Crippen LogP contribution in [-0.2, 0) is 4.79 Å². The van der Waals surface area contributed by atoms with Crippen molar-refractivity contribution in [1.29, 1.82) is 0 Å². The van der Waals surface area contributed by atoms with Crippen LogP contribution in [0.3, 0.4) is 0 Å². The van der Waals surface area contributed by atoms with E-state index in [2.05, 4.69) is 64.8 Å². The first-order valence-electron chi connectivity index (χ1n) is 6.96. The third-order valence-corrected chi connectivity index (χ3v) is 10.0. The summed E-state index contributed by atoms with van der Waals surface area (Å²) < 4.78 is 0. The van der Waals surface area contributed by atoms with Crippen LogP contribution >= 0.6 is 0 Å². The van der Waals surface area contributed by atoms with Gasteiger partial charge < -0.3 is 5.11 Å². The van der Waals surface area contributed by atoms with Crippen LogP contribution < -0.4 is 0 Å². The van der Waals surface area contributed by atoms with Crippen molar-refractivity contribution >= 4 is 14.0 Å². The summed E-state index contributed by atoms with van der Waals surface area (Å²) in [5.74, 6) is 7.84. The fourth-order valence-corrected chi connectivity index (χ4v) is 7.99. The smallest absolute Gasteiger partial charge is 0.304 e. The normalized spacial score (nSPS) is 11.0. The van der Waals surface area contributed by atoms with E-state index in [1.165, 1.54) is 0 Å². The molecule has 0 rings (SSSR count). The van der Waals surface area contributed by atoms with Gasteiger partial charge in [-0.15, -0.1) is 5.54 Å². The number of rotatable bonds is 5. The largest absolute Gasteiger partial charge is 0.481 e. The van der Waals surface area contributed by atoms with Crippen molar-refractivity contribution in [2.45, 2.75) is 71.0 Å². The second-order valence-electron chi connectivity index (χ2n) is 5.84. The Balaban J connectivity index is 5.00.